The van der Waals surface area contributed by atoms with E-state index in [-0.39, 0.29) is 0 Å². The van der Waals surface area contributed by atoms with Crippen LogP contribution in [0.25, 0.3) is 100 Å². The number of fused-ring (bicyclic) bond motifs is 3. The average Bonchev–Trinajstić information content (AvgIpc) is 3.89. The number of rotatable bonds is 7. The van der Waals surface area contributed by atoms with Gasteiger partial charge >= 0.3 is 0 Å². The summed E-state index contributed by atoms with van der Waals surface area (Å²) in [7, 11) is 0. The highest BCUT2D eigenvalue weighted by atomic mass is 15.1. The SMILES string of the molecule is c1ccc(-c2nc3ccccc3n2-c2cccc(-c3cc(-c4ccc(-c5nc6ccccn6c5-c5ccccc5)cc4)cc(-c4cccc5ccccc45)c3)c2)cc1. The molecule has 0 spiro atoms. The van der Waals surface area contributed by atoms with Crippen LogP contribution >= 0.6 is 0 Å². The maximum Gasteiger partial charge on any atom is 0.145 e. The summed E-state index contributed by atoms with van der Waals surface area (Å²) in [4.78, 5) is 10.2. The molecule has 3 aromatic heterocycles. The molecule has 11 aromatic rings. The highest BCUT2D eigenvalue weighted by Crippen LogP contribution is 2.39. The van der Waals surface area contributed by atoms with E-state index in [0.29, 0.717) is 0 Å². The number of aromatic nitrogens is 4. The van der Waals surface area contributed by atoms with Gasteiger partial charge in [-0.2, -0.15) is 0 Å². The lowest BCUT2D eigenvalue weighted by atomic mass is 9.91. The number of para-hydroxylation sites is 2. The molecule has 0 fully saturated rings. The van der Waals surface area contributed by atoms with Gasteiger partial charge in [-0.3, -0.25) is 8.97 Å². The zero-order chi connectivity index (χ0) is 38.4. The molecule has 58 heavy (non-hydrogen) atoms. The summed E-state index contributed by atoms with van der Waals surface area (Å²) in [5.74, 6) is 0.922. The molecule has 0 unspecified atom stereocenters. The van der Waals surface area contributed by atoms with Gasteiger partial charge in [-0.1, -0.05) is 158 Å². The molecule has 0 amide bonds. The summed E-state index contributed by atoms with van der Waals surface area (Å²) in [5, 5.41) is 2.45. The Kier molecular flexibility index (Phi) is 8.11. The van der Waals surface area contributed by atoms with Gasteiger partial charge in [-0.25, -0.2) is 9.97 Å². The predicted molar refractivity (Wildman–Crippen MR) is 240 cm³/mol. The summed E-state index contributed by atoms with van der Waals surface area (Å²) < 4.78 is 4.47. The van der Waals surface area contributed by atoms with E-state index in [2.05, 4.69) is 215 Å². The van der Waals surface area contributed by atoms with Crippen LogP contribution < -0.4 is 0 Å². The fourth-order valence-electron chi connectivity index (χ4n) is 8.38. The van der Waals surface area contributed by atoms with Crippen molar-refractivity contribution in [3.05, 3.63) is 219 Å². The van der Waals surface area contributed by atoms with Gasteiger partial charge in [0.05, 0.1) is 22.4 Å². The molecule has 0 aliphatic heterocycles. The van der Waals surface area contributed by atoms with Crippen molar-refractivity contribution in [2.45, 2.75) is 0 Å². The minimum absolute atomic E-state index is 0.922. The molecule has 0 aliphatic rings. The summed E-state index contributed by atoms with van der Waals surface area (Å²) >= 11 is 0. The molecule has 11 rings (SSSR count). The summed E-state index contributed by atoms with van der Waals surface area (Å²) in [5.41, 5.74) is 16.3. The van der Waals surface area contributed by atoms with Crippen LogP contribution in [0.5, 0.6) is 0 Å². The fraction of sp³-hybridized carbons (Fsp3) is 0. The van der Waals surface area contributed by atoms with Crippen molar-refractivity contribution >= 4 is 27.5 Å². The van der Waals surface area contributed by atoms with Crippen molar-refractivity contribution < 1.29 is 0 Å². The van der Waals surface area contributed by atoms with Crippen molar-refractivity contribution in [1.29, 1.82) is 0 Å². The Morgan fingerprint density at radius 3 is 1.86 bits per heavy atom. The van der Waals surface area contributed by atoms with Gasteiger partial charge in [0.2, 0.25) is 0 Å². The molecule has 0 N–H and O–H groups in total. The van der Waals surface area contributed by atoms with Gasteiger partial charge < -0.3 is 0 Å². The first-order valence-electron chi connectivity index (χ1n) is 19.7. The second kappa shape index (κ2) is 14.0. The van der Waals surface area contributed by atoms with Crippen molar-refractivity contribution in [1.82, 2.24) is 18.9 Å². The first-order valence-corrected chi connectivity index (χ1v) is 19.7. The molecule has 0 saturated heterocycles. The number of nitrogens with zero attached hydrogens (tertiary/aromatic N) is 4. The lowest BCUT2D eigenvalue weighted by molar-refractivity contribution is 1.10. The third-order valence-corrected chi connectivity index (χ3v) is 11.1. The lowest BCUT2D eigenvalue weighted by Gasteiger charge is -2.15. The zero-order valence-electron chi connectivity index (χ0n) is 31.6. The lowest BCUT2D eigenvalue weighted by Crippen LogP contribution is -1.98. The Morgan fingerprint density at radius 1 is 0.379 bits per heavy atom. The highest BCUT2D eigenvalue weighted by molar-refractivity contribution is 5.98. The van der Waals surface area contributed by atoms with E-state index in [4.69, 9.17) is 9.97 Å². The van der Waals surface area contributed by atoms with E-state index in [1.807, 2.05) is 12.1 Å². The van der Waals surface area contributed by atoms with Gasteiger partial charge in [0, 0.05) is 28.6 Å². The van der Waals surface area contributed by atoms with Crippen LogP contribution in [0.1, 0.15) is 0 Å². The van der Waals surface area contributed by atoms with Gasteiger partial charge in [0.1, 0.15) is 11.5 Å². The minimum Gasteiger partial charge on any atom is -0.299 e. The normalized spacial score (nSPS) is 11.4. The van der Waals surface area contributed by atoms with E-state index in [9.17, 15) is 0 Å². The monoisotopic (exact) mass is 740 g/mol. The maximum absolute atomic E-state index is 5.13. The smallest absolute Gasteiger partial charge is 0.145 e. The second-order valence-corrected chi connectivity index (χ2v) is 14.7. The van der Waals surface area contributed by atoms with Crippen LogP contribution in [0.3, 0.4) is 0 Å². The molecule has 0 aliphatic carbocycles. The van der Waals surface area contributed by atoms with E-state index in [0.717, 1.165) is 78.5 Å². The van der Waals surface area contributed by atoms with Crippen molar-refractivity contribution in [3.63, 3.8) is 0 Å². The highest BCUT2D eigenvalue weighted by Gasteiger charge is 2.18. The quantitative estimate of drug-likeness (QED) is 0.163. The maximum atomic E-state index is 5.13. The molecule has 4 nitrogen and oxygen atoms in total. The number of imidazole rings is 2. The van der Waals surface area contributed by atoms with Crippen molar-refractivity contribution in [3.8, 4) is 73.0 Å². The minimum atomic E-state index is 0.922. The summed E-state index contributed by atoms with van der Waals surface area (Å²) in [6, 6.07) is 75.5. The molecule has 0 radical (unpaired) electrons. The Labute approximate surface area is 336 Å². The molecule has 272 valence electrons. The van der Waals surface area contributed by atoms with Crippen LogP contribution in [0.2, 0.25) is 0 Å². The topological polar surface area (TPSA) is 35.1 Å². The van der Waals surface area contributed by atoms with Crippen LogP contribution in [0.4, 0.5) is 0 Å². The summed E-state index contributed by atoms with van der Waals surface area (Å²) in [6.45, 7) is 0. The van der Waals surface area contributed by atoms with E-state index >= 15 is 0 Å². The molecule has 4 heteroatoms. The van der Waals surface area contributed by atoms with E-state index < -0.39 is 0 Å². The molecule has 8 aromatic carbocycles. The first-order chi connectivity index (χ1) is 28.7. The third-order valence-electron chi connectivity index (χ3n) is 11.1. The van der Waals surface area contributed by atoms with Crippen LogP contribution in [-0.2, 0) is 0 Å². The Morgan fingerprint density at radius 2 is 1.02 bits per heavy atom. The number of hydrogen-bond donors (Lipinski definition) is 0. The van der Waals surface area contributed by atoms with Crippen molar-refractivity contribution in [2.75, 3.05) is 0 Å². The fourth-order valence-corrected chi connectivity index (χ4v) is 8.38. The summed E-state index contributed by atoms with van der Waals surface area (Å²) in [6.07, 6.45) is 2.09. The Balaban J connectivity index is 1.07. The number of hydrogen-bond acceptors (Lipinski definition) is 2. The average molecular weight is 741 g/mol. The third kappa shape index (κ3) is 5.87. The van der Waals surface area contributed by atoms with E-state index in [1.165, 1.54) is 21.9 Å². The zero-order valence-corrected chi connectivity index (χ0v) is 31.6. The van der Waals surface area contributed by atoms with Gasteiger partial charge in [0.15, 0.2) is 0 Å². The molecule has 0 atom stereocenters. The molecule has 3 heterocycles. The Hall–Kier alpha value is -7.82. The standard InChI is InChI=1S/C54H36N4/c1-3-16-40(17-4-1)53-52(56-51-27-11-12-32-57(51)53)39-30-28-37(29-31-39)43-33-44(35-45(34-43)48-24-14-20-38-15-7-8-23-47(38)48)42-21-13-22-46(36-42)58-50-26-10-9-25-49(50)55-54(58)41-18-5-2-6-19-41/h1-36H. The predicted octanol–water partition coefficient (Wildman–Crippen LogP) is 13.8. The molecule has 0 saturated carbocycles. The van der Waals surface area contributed by atoms with Crippen molar-refractivity contribution in [2.24, 2.45) is 0 Å². The van der Waals surface area contributed by atoms with Crippen LogP contribution in [0.15, 0.2) is 219 Å². The Bertz CT molecular complexity index is 3260. The van der Waals surface area contributed by atoms with Gasteiger partial charge in [0.25, 0.3) is 0 Å². The molecular weight excluding hydrogens is 705 g/mol. The number of benzene rings is 8. The second-order valence-electron chi connectivity index (χ2n) is 14.7. The number of pyridine rings is 1. The first kappa shape index (κ1) is 33.5. The largest absolute Gasteiger partial charge is 0.299 e. The molecular formula is C54H36N4. The van der Waals surface area contributed by atoms with Crippen LogP contribution in [-0.4, -0.2) is 18.9 Å². The van der Waals surface area contributed by atoms with Crippen LogP contribution in [0, 0.1) is 0 Å². The van der Waals surface area contributed by atoms with Gasteiger partial charge in [-0.15, -0.1) is 0 Å². The van der Waals surface area contributed by atoms with E-state index in [1.54, 1.807) is 0 Å². The molecule has 0 bridgehead atoms. The van der Waals surface area contributed by atoms with Gasteiger partial charge in [-0.05, 0) is 98.8 Å².